The highest BCUT2D eigenvalue weighted by molar-refractivity contribution is 9.10. The molecule has 0 N–H and O–H groups in total. The second kappa shape index (κ2) is 6.61. The van der Waals surface area contributed by atoms with Gasteiger partial charge >= 0.3 is 0 Å². The van der Waals surface area contributed by atoms with Gasteiger partial charge in [0.25, 0.3) is 5.91 Å². The molecule has 0 bridgehead atoms. The van der Waals surface area contributed by atoms with Crippen molar-refractivity contribution in [1.29, 1.82) is 0 Å². The molecule has 2 aliphatic heterocycles. The summed E-state index contributed by atoms with van der Waals surface area (Å²) in [7, 11) is 0. The van der Waals surface area contributed by atoms with E-state index in [-0.39, 0.29) is 5.91 Å². The summed E-state index contributed by atoms with van der Waals surface area (Å²) in [6.45, 7) is 0.694. The van der Waals surface area contributed by atoms with Gasteiger partial charge in [0, 0.05) is 28.3 Å². The van der Waals surface area contributed by atoms with E-state index in [1.165, 1.54) is 0 Å². The number of nitrogens with zero attached hydrogens (tertiary/aromatic N) is 3. The first-order chi connectivity index (χ1) is 12.2. The van der Waals surface area contributed by atoms with Gasteiger partial charge < -0.3 is 4.90 Å². The van der Waals surface area contributed by atoms with Crippen molar-refractivity contribution in [1.82, 2.24) is 4.90 Å². The van der Waals surface area contributed by atoms with Gasteiger partial charge in [-0.3, -0.25) is 4.79 Å². The SMILES string of the molecule is O=C(N=C1N=C2C=CC=CN2Cc2ccccc21)c1cccc(Br)c1. The van der Waals surface area contributed by atoms with Crippen molar-refractivity contribution in [3.63, 3.8) is 0 Å². The second-order valence-corrected chi connectivity index (χ2v) is 6.62. The highest BCUT2D eigenvalue weighted by Gasteiger charge is 2.20. The fraction of sp³-hybridized carbons (Fsp3) is 0.0500. The monoisotopic (exact) mass is 391 g/mol. The van der Waals surface area contributed by atoms with E-state index in [4.69, 9.17) is 0 Å². The maximum atomic E-state index is 12.6. The topological polar surface area (TPSA) is 45.0 Å². The van der Waals surface area contributed by atoms with Crippen LogP contribution in [0.1, 0.15) is 21.5 Å². The van der Waals surface area contributed by atoms with Crippen molar-refractivity contribution in [2.45, 2.75) is 6.54 Å². The van der Waals surface area contributed by atoms with Crippen molar-refractivity contribution in [2.24, 2.45) is 9.98 Å². The van der Waals surface area contributed by atoms with Crippen LogP contribution in [0.5, 0.6) is 0 Å². The molecule has 2 heterocycles. The molecule has 5 heteroatoms. The standard InChI is InChI=1S/C20H14BrN3O/c21-16-8-5-7-14(12-16)20(25)23-19-17-9-2-1-6-15(17)13-24-11-4-3-10-18(24)22-19/h1-12H,13H2. The molecule has 0 fully saturated rings. The summed E-state index contributed by atoms with van der Waals surface area (Å²) in [5.74, 6) is 0.914. The Hall–Kier alpha value is -2.79. The van der Waals surface area contributed by atoms with Crippen molar-refractivity contribution in [2.75, 3.05) is 0 Å². The number of aliphatic imine (C=N–C) groups is 2. The molecule has 1 amide bonds. The number of amides is 1. The van der Waals surface area contributed by atoms with Gasteiger partial charge in [0.1, 0.15) is 5.84 Å². The average Bonchev–Trinajstić information content (AvgIpc) is 2.78. The minimum Gasteiger partial charge on any atom is -0.329 e. The summed E-state index contributed by atoms with van der Waals surface area (Å²) in [5, 5.41) is 0. The van der Waals surface area contributed by atoms with Crippen molar-refractivity contribution in [3.05, 3.63) is 94.1 Å². The van der Waals surface area contributed by atoms with Gasteiger partial charge in [0.2, 0.25) is 0 Å². The van der Waals surface area contributed by atoms with Crippen LogP contribution in [0.4, 0.5) is 0 Å². The predicted octanol–water partition coefficient (Wildman–Crippen LogP) is 4.33. The Bertz CT molecular complexity index is 972. The number of carbonyl (C=O) groups excluding carboxylic acids is 1. The molecule has 4 rings (SSSR count). The fourth-order valence-electron chi connectivity index (χ4n) is 2.80. The maximum Gasteiger partial charge on any atom is 0.279 e. The Morgan fingerprint density at radius 3 is 2.88 bits per heavy atom. The minimum absolute atomic E-state index is 0.306. The molecule has 0 spiro atoms. The van der Waals surface area contributed by atoms with E-state index in [1.54, 1.807) is 12.1 Å². The number of hydrogen-bond acceptors (Lipinski definition) is 2. The van der Waals surface area contributed by atoms with E-state index in [2.05, 4.69) is 25.9 Å². The van der Waals surface area contributed by atoms with Crippen LogP contribution < -0.4 is 0 Å². The summed E-state index contributed by atoms with van der Waals surface area (Å²) in [4.78, 5) is 23.6. The molecule has 2 aromatic carbocycles. The summed E-state index contributed by atoms with van der Waals surface area (Å²) in [6.07, 6.45) is 7.80. The smallest absolute Gasteiger partial charge is 0.279 e. The molecule has 0 aromatic heterocycles. The van der Waals surface area contributed by atoms with Crippen LogP contribution in [0.2, 0.25) is 0 Å². The Labute approximate surface area is 154 Å². The lowest BCUT2D eigenvalue weighted by Crippen LogP contribution is -2.24. The van der Waals surface area contributed by atoms with Crippen LogP contribution in [-0.4, -0.2) is 22.5 Å². The zero-order chi connectivity index (χ0) is 17.2. The van der Waals surface area contributed by atoms with Crippen molar-refractivity contribution >= 4 is 33.5 Å². The van der Waals surface area contributed by atoms with E-state index in [0.29, 0.717) is 17.9 Å². The van der Waals surface area contributed by atoms with Gasteiger partial charge in [-0.25, -0.2) is 4.99 Å². The maximum absolute atomic E-state index is 12.6. The molecule has 2 aliphatic rings. The first-order valence-electron chi connectivity index (χ1n) is 7.88. The third-order valence-electron chi connectivity index (χ3n) is 4.02. The first kappa shape index (κ1) is 15.7. The molecule has 0 radical (unpaired) electrons. The Morgan fingerprint density at radius 1 is 1.12 bits per heavy atom. The second-order valence-electron chi connectivity index (χ2n) is 5.71. The quantitative estimate of drug-likeness (QED) is 0.725. The molecule has 0 aliphatic carbocycles. The molecule has 2 aromatic rings. The van der Waals surface area contributed by atoms with Gasteiger partial charge in [-0.2, -0.15) is 4.99 Å². The number of halogens is 1. The third-order valence-corrected chi connectivity index (χ3v) is 4.51. The number of benzene rings is 2. The van der Waals surface area contributed by atoms with Crippen LogP contribution >= 0.6 is 15.9 Å². The number of carbonyl (C=O) groups is 1. The summed E-state index contributed by atoms with van der Waals surface area (Å²) in [5.41, 5.74) is 2.50. The van der Waals surface area contributed by atoms with E-state index >= 15 is 0 Å². The van der Waals surface area contributed by atoms with Crippen LogP contribution in [0.3, 0.4) is 0 Å². The zero-order valence-corrected chi connectivity index (χ0v) is 14.8. The molecule has 0 unspecified atom stereocenters. The van der Waals surface area contributed by atoms with Crippen molar-refractivity contribution in [3.8, 4) is 0 Å². The third kappa shape index (κ3) is 3.23. The van der Waals surface area contributed by atoms with Crippen LogP contribution in [0, 0.1) is 0 Å². The highest BCUT2D eigenvalue weighted by atomic mass is 79.9. The number of allylic oxidation sites excluding steroid dienone is 2. The lowest BCUT2D eigenvalue weighted by atomic mass is 10.1. The van der Waals surface area contributed by atoms with Gasteiger partial charge in [-0.1, -0.05) is 52.3 Å². The molecular weight excluding hydrogens is 378 g/mol. The Kier molecular flexibility index (Phi) is 4.15. The van der Waals surface area contributed by atoms with E-state index in [1.807, 2.05) is 65.7 Å². The first-order valence-corrected chi connectivity index (χ1v) is 8.67. The van der Waals surface area contributed by atoms with Crippen LogP contribution in [0.15, 0.2) is 87.4 Å². The lowest BCUT2D eigenvalue weighted by Gasteiger charge is -2.20. The molecule has 122 valence electrons. The molecule has 0 saturated carbocycles. The summed E-state index contributed by atoms with van der Waals surface area (Å²) >= 11 is 3.39. The molecule has 0 saturated heterocycles. The minimum atomic E-state index is -0.306. The van der Waals surface area contributed by atoms with E-state index < -0.39 is 0 Å². The van der Waals surface area contributed by atoms with E-state index in [0.717, 1.165) is 21.4 Å². The number of fused-ring (bicyclic) bond motifs is 2. The van der Waals surface area contributed by atoms with Crippen LogP contribution in [-0.2, 0) is 6.54 Å². The molecule has 25 heavy (non-hydrogen) atoms. The normalized spacial score (nSPS) is 16.9. The zero-order valence-electron chi connectivity index (χ0n) is 13.3. The van der Waals surface area contributed by atoms with Gasteiger partial charge in [0.15, 0.2) is 5.84 Å². The number of rotatable bonds is 1. The Morgan fingerprint density at radius 2 is 2.00 bits per heavy atom. The number of amidine groups is 2. The summed E-state index contributed by atoms with van der Waals surface area (Å²) < 4.78 is 0.845. The van der Waals surface area contributed by atoms with Gasteiger partial charge in [-0.05, 0) is 35.9 Å². The number of hydrogen-bond donors (Lipinski definition) is 0. The molecule has 4 nitrogen and oxygen atoms in total. The van der Waals surface area contributed by atoms with Gasteiger partial charge in [0.05, 0.1) is 0 Å². The molecule has 0 atom stereocenters. The highest BCUT2D eigenvalue weighted by Crippen LogP contribution is 2.21. The average molecular weight is 392 g/mol. The lowest BCUT2D eigenvalue weighted by molar-refractivity contribution is 0.100. The predicted molar refractivity (Wildman–Crippen MR) is 103 cm³/mol. The fourth-order valence-corrected chi connectivity index (χ4v) is 3.20. The Balaban J connectivity index is 1.82. The largest absolute Gasteiger partial charge is 0.329 e. The van der Waals surface area contributed by atoms with Crippen LogP contribution in [0.25, 0.3) is 0 Å². The molecular formula is C20H14BrN3O. The van der Waals surface area contributed by atoms with Crippen molar-refractivity contribution < 1.29 is 4.79 Å². The van der Waals surface area contributed by atoms with E-state index in [9.17, 15) is 4.79 Å². The van der Waals surface area contributed by atoms with Gasteiger partial charge in [-0.15, -0.1) is 0 Å². The summed E-state index contributed by atoms with van der Waals surface area (Å²) in [6, 6.07) is 15.1.